The summed E-state index contributed by atoms with van der Waals surface area (Å²) in [7, 11) is -0.258. The van der Waals surface area contributed by atoms with E-state index in [1.165, 1.54) is 13.1 Å². The van der Waals surface area contributed by atoms with Gasteiger partial charge in [0.2, 0.25) is 0 Å². The summed E-state index contributed by atoms with van der Waals surface area (Å²) in [5.41, 5.74) is 0. The SMILES string of the molecule is CCO[Si](CCCN1CCN(C)C1)(OCC)OCC. The fourth-order valence-corrected chi connectivity index (χ4v) is 5.09. The van der Waals surface area contributed by atoms with E-state index in [1.807, 2.05) is 20.8 Å². The van der Waals surface area contributed by atoms with Crippen molar-refractivity contribution in [3.8, 4) is 0 Å². The zero-order valence-electron chi connectivity index (χ0n) is 13.0. The van der Waals surface area contributed by atoms with Crippen molar-refractivity contribution >= 4 is 8.80 Å². The highest BCUT2D eigenvalue weighted by Crippen LogP contribution is 2.19. The first-order chi connectivity index (χ1) is 9.15. The Balaban J connectivity index is 2.37. The van der Waals surface area contributed by atoms with Gasteiger partial charge in [0, 0.05) is 39.0 Å². The normalized spacial score (nSPS) is 18.3. The molecular weight excluding hydrogens is 260 g/mol. The quantitative estimate of drug-likeness (QED) is 0.571. The highest BCUT2D eigenvalue weighted by molar-refractivity contribution is 6.60. The molecule has 1 aliphatic rings. The monoisotopic (exact) mass is 290 g/mol. The predicted molar refractivity (Wildman–Crippen MR) is 79.1 cm³/mol. The summed E-state index contributed by atoms with van der Waals surface area (Å²) in [6.45, 7) is 12.5. The van der Waals surface area contributed by atoms with E-state index in [-0.39, 0.29) is 0 Å². The molecule has 1 heterocycles. The molecule has 0 unspecified atom stereocenters. The third kappa shape index (κ3) is 5.89. The topological polar surface area (TPSA) is 34.2 Å². The molecule has 0 aromatic carbocycles. The lowest BCUT2D eigenvalue weighted by Gasteiger charge is -2.29. The van der Waals surface area contributed by atoms with Crippen molar-refractivity contribution in [1.82, 2.24) is 9.80 Å². The van der Waals surface area contributed by atoms with E-state index in [0.29, 0.717) is 19.8 Å². The minimum absolute atomic E-state index is 0.665. The van der Waals surface area contributed by atoms with Crippen LogP contribution in [-0.2, 0) is 13.3 Å². The average molecular weight is 290 g/mol. The molecule has 114 valence electrons. The summed E-state index contributed by atoms with van der Waals surface area (Å²) >= 11 is 0. The lowest BCUT2D eigenvalue weighted by molar-refractivity contribution is 0.0700. The van der Waals surface area contributed by atoms with Crippen molar-refractivity contribution < 1.29 is 13.3 Å². The van der Waals surface area contributed by atoms with Gasteiger partial charge in [0.25, 0.3) is 0 Å². The lowest BCUT2D eigenvalue weighted by atomic mass is 10.4. The Labute approximate surface area is 119 Å². The van der Waals surface area contributed by atoms with Gasteiger partial charge in [-0.05, 0) is 40.8 Å². The van der Waals surface area contributed by atoms with Gasteiger partial charge in [-0.1, -0.05) is 0 Å². The molecule has 0 aliphatic carbocycles. The molecule has 1 aliphatic heterocycles. The summed E-state index contributed by atoms with van der Waals surface area (Å²) in [5.74, 6) is 0. The maximum atomic E-state index is 5.86. The number of likely N-dealkylation sites (N-methyl/N-ethyl adjacent to an activating group) is 1. The molecule has 1 rings (SSSR count). The molecule has 0 radical (unpaired) electrons. The minimum Gasteiger partial charge on any atom is -0.374 e. The second-order valence-corrected chi connectivity index (χ2v) is 7.66. The molecule has 0 bridgehead atoms. The molecule has 1 fully saturated rings. The lowest BCUT2D eigenvalue weighted by Crippen LogP contribution is -2.46. The van der Waals surface area contributed by atoms with Crippen LogP contribution in [0, 0.1) is 0 Å². The van der Waals surface area contributed by atoms with E-state index in [4.69, 9.17) is 13.3 Å². The fourth-order valence-electron chi connectivity index (χ4n) is 2.50. The van der Waals surface area contributed by atoms with Crippen LogP contribution in [-0.4, -0.2) is 71.8 Å². The van der Waals surface area contributed by atoms with E-state index < -0.39 is 8.80 Å². The molecule has 0 aromatic heterocycles. The largest absolute Gasteiger partial charge is 0.500 e. The summed E-state index contributed by atoms with van der Waals surface area (Å²) in [6.07, 6.45) is 1.08. The highest BCUT2D eigenvalue weighted by atomic mass is 28.4. The second kappa shape index (κ2) is 9.04. The van der Waals surface area contributed by atoms with E-state index in [9.17, 15) is 0 Å². The van der Waals surface area contributed by atoms with Gasteiger partial charge in [-0.2, -0.15) is 0 Å². The van der Waals surface area contributed by atoms with Crippen molar-refractivity contribution in [2.24, 2.45) is 0 Å². The third-order valence-electron chi connectivity index (χ3n) is 3.29. The Bertz CT molecular complexity index is 227. The standard InChI is InChI=1S/C13H30N2O3Si/c1-5-16-19(17-6-2,18-7-3)12-8-9-15-11-10-14(4)13-15/h5-13H2,1-4H3. The van der Waals surface area contributed by atoms with Gasteiger partial charge in [0.1, 0.15) is 0 Å². The first-order valence-corrected chi connectivity index (χ1v) is 9.41. The molecule has 19 heavy (non-hydrogen) atoms. The first-order valence-electron chi connectivity index (χ1n) is 7.48. The highest BCUT2D eigenvalue weighted by Gasteiger charge is 2.39. The van der Waals surface area contributed by atoms with E-state index in [2.05, 4.69) is 16.8 Å². The van der Waals surface area contributed by atoms with E-state index in [0.717, 1.165) is 25.7 Å². The van der Waals surface area contributed by atoms with Crippen LogP contribution >= 0.6 is 0 Å². The Morgan fingerprint density at radius 1 is 0.947 bits per heavy atom. The second-order valence-electron chi connectivity index (χ2n) is 4.92. The molecular formula is C13H30N2O3Si. The summed E-state index contributed by atoms with van der Waals surface area (Å²) in [6, 6.07) is 0.919. The molecule has 6 heteroatoms. The molecule has 0 atom stereocenters. The maximum Gasteiger partial charge on any atom is 0.500 e. The van der Waals surface area contributed by atoms with Crippen molar-refractivity contribution in [3.63, 3.8) is 0 Å². The third-order valence-corrected chi connectivity index (χ3v) is 6.44. The average Bonchev–Trinajstić information content (AvgIpc) is 2.76. The van der Waals surface area contributed by atoms with Crippen molar-refractivity contribution in [3.05, 3.63) is 0 Å². The van der Waals surface area contributed by atoms with Gasteiger partial charge < -0.3 is 13.3 Å². The summed E-state index contributed by atoms with van der Waals surface area (Å²) in [5, 5.41) is 0. The maximum absolute atomic E-state index is 5.86. The van der Waals surface area contributed by atoms with Crippen molar-refractivity contribution in [2.75, 3.05) is 53.2 Å². The van der Waals surface area contributed by atoms with Gasteiger partial charge in [0.05, 0.1) is 6.67 Å². The van der Waals surface area contributed by atoms with Crippen molar-refractivity contribution in [2.45, 2.75) is 33.2 Å². The number of hydrogen-bond acceptors (Lipinski definition) is 5. The van der Waals surface area contributed by atoms with Crippen LogP contribution in [0.3, 0.4) is 0 Å². The number of hydrogen-bond donors (Lipinski definition) is 0. The van der Waals surface area contributed by atoms with Crippen LogP contribution in [0.2, 0.25) is 6.04 Å². The first kappa shape index (κ1) is 17.1. The van der Waals surface area contributed by atoms with Crippen LogP contribution in [0.4, 0.5) is 0 Å². The Morgan fingerprint density at radius 3 is 1.95 bits per heavy atom. The Morgan fingerprint density at radius 2 is 1.53 bits per heavy atom. The van der Waals surface area contributed by atoms with Crippen LogP contribution in [0.1, 0.15) is 27.2 Å². The molecule has 5 nitrogen and oxygen atoms in total. The van der Waals surface area contributed by atoms with Gasteiger partial charge in [-0.15, -0.1) is 0 Å². The summed E-state index contributed by atoms with van der Waals surface area (Å²) in [4.78, 5) is 4.82. The van der Waals surface area contributed by atoms with Crippen LogP contribution in [0.15, 0.2) is 0 Å². The van der Waals surface area contributed by atoms with Gasteiger partial charge in [-0.25, -0.2) is 0 Å². The molecule has 1 saturated heterocycles. The van der Waals surface area contributed by atoms with Crippen LogP contribution < -0.4 is 0 Å². The summed E-state index contributed by atoms with van der Waals surface area (Å²) < 4.78 is 17.6. The molecule has 0 N–H and O–H groups in total. The van der Waals surface area contributed by atoms with E-state index in [1.54, 1.807) is 0 Å². The molecule has 0 aromatic rings. The zero-order chi connectivity index (χ0) is 14.1. The predicted octanol–water partition coefficient (Wildman–Crippen LogP) is 1.63. The Kier molecular flexibility index (Phi) is 8.13. The minimum atomic E-state index is -2.42. The molecule has 0 saturated carbocycles. The zero-order valence-corrected chi connectivity index (χ0v) is 14.0. The smallest absolute Gasteiger partial charge is 0.374 e. The van der Waals surface area contributed by atoms with E-state index >= 15 is 0 Å². The molecule has 0 spiro atoms. The number of rotatable bonds is 10. The van der Waals surface area contributed by atoms with Gasteiger partial charge >= 0.3 is 8.80 Å². The Hall–Kier alpha value is 0.0169. The van der Waals surface area contributed by atoms with Crippen LogP contribution in [0.5, 0.6) is 0 Å². The van der Waals surface area contributed by atoms with Gasteiger partial charge in [0.15, 0.2) is 0 Å². The molecule has 0 amide bonds. The van der Waals surface area contributed by atoms with Gasteiger partial charge in [-0.3, -0.25) is 9.80 Å². The number of nitrogens with zero attached hydrogens (tertiary/aromatic N) is 2. The van der Waals surface area contributed by atoms with Crippen molar-refractivity contribution in [1.29, 1.82) is 0 Å². The van der Waals surface area contributed by atoms with Crippen LogP contribution in [0.25, 0.3) is 0 Å². The fraction of sp³-hybridized carbons (Fsp3) is 1.00.